The van der Waals surface area contributed by atoms with E-state index < -0.39 is 17.8 Å². The number of carbonyl (C=O) groups excluding carboxylic acids is 3. The third-order valence-corrected chi connectivity index (χ3v) is 3.65. The van der Waals surface area contributed by atoms with Crippen LogP contribution in [-0.4, -0.2) is 30.8 Å². The first-order valence-electron chi connectivity index (χ1n) is 6.13. The van der Waals surface area contributed by atoms with E-state index in [0.717, 1.165) is 19.3 Å². The number of nitrogens with one attached hydrogen (secondary N) is 1. The standard InChI is InChI=1S/C12H17NO4/c1-2-17-12(16)9-10(14)8(6-13-11(9)15)7-4-3-5-7/h7-9H,2-6H2,1H3,(H,13,15). The Morgan fingerprint density at radius 1 is 1.41 bits per heavy atom. The molecule has 0 aromatic heterocycles. The van der Waals surface area contributed by atoms with Gasteiger partial charge >= 0.3 is 5.97 Å². The second kappa shape index (κ2) is 4.85. The van der Waals surface area contributed by atoms with E-state index in [-0.39, 0.29) is 18.3 Å². The minimum absolute atomic E-state index is 0.185. The molecule has 1 amide bonds. The predicted octanol–water partition coefficient (Wildman–Crippen LogP) is 0.281. The Morgan fingerprint density at radius 2 is 2.12 bits per heavy atom. The van der Waals surface area contributed by atoms with Crippen LogP contribution in [0.25, 0.3) is 0 Å². The molecular weight excluding hydrogens is 222 g/mol. The number of rotatable bonds is 3. The number of ether oxygens (including phenoxy) is 1. The summed E-state index contributed by atoms with van der Waals surface area (Å²) in [5.41, 5.74) is 0. The molecule has 0 aromatic carbocycles. The van der Waals surface area contributed by atoms with Crippen molar-refractivity contribution in [1.29, 1.82) is 0 Å². The summed E-state index contributed by atoms with van der Waals surface area (Å²) in [6.07, 6.45) is 3.16. The van der Waals surface area contributed by atoms with Crippen LogP contribution in [0, 0.1) is 17.8 Å². The van der Waals surface area contributed by atoms with Gasteiger partial charge in [0.25, 0.3) is 0 Å². The zero-order valence-electron chi connectivity index (χ0n) is 9.90. The maximum atomic E-state index is 12.1. The lowest BCUT2D eigenvalue weighted by Crippen LogP contribution is -2.54. The van der Waals surface area contributed by atoms with E-state index in [1.165, 1.54) is 0 Å². The second-order valence-corrected chi connectivity index (χ2v) is 4.63. The topological polar surface area (TPSA) is 72.5 Å². The number of amides is 1. The van der Waals surface area contributed by atoms with Crippen LogP contribution in [0.2, 0.25) is 0 Å². The van der Waals surface area contributed by atoms with Gasteiger partial charge in [0.05, 0.1) is 6.61 Å². The van der Waals surface area contributed by atoms with Crippen molar-refractivity contribution in [2.75, 3.05) is 13.2 Å². The summed E-state index contributed by atoms with van der Waals surface area (Å²) in [5, 5.41) is 2.64. The van der Waals surface area contributed by atoms with Gasteiger partial charge in [-0.3, -0.25) is 14.4 Å². The van der Waals surface area contributed by atoms with Gasteiger partial charge in [-0.1, -0.05) is 6.42 Å². The highest BCUT2D eigenvalue weighted by Gasteiger charge is 2.46. The number of carbonyl (C=O) groups is 3. The number of hydrogen-bond donors (Lipinski definition) is 1. The van der Waals surface area contributed by atoms with E-state index >= 15 is 0 Å². The number of Topliss-reactive ketones (excluding diaryl/α,β-unsaturated/α-hetero) is 1. The van der Waals surface area contributed by atoms with Crippen LogP contribution in [0.3, 0.4) is 0 Å². The summed E-state index contributed by atoms with van der Waals surface area (Å²) in [5.74, 6) is -2.58. The summed E-state index contributed by atoms with van der Waals surface area (Å²) >= 11 is 0. The molecule has 1 aliphatic heterocycles. The Hall–Kier alpha value is -1.39. The molecule has 1 N–H and O–H groups in total. The van der Waals surface area contributed by atoms with Crippen LogP contribution in [0.4, 0.5) is 0 Å². The maximum Gasteiger partial charge on any atom is 0.326 e. The Kier molecular flexibility index (Phi) is 3.45. The van der Waals surface area contributed by atoms with Gasteiger partial charge in [0.2, 0.25) is 5.91 Å². The molecule has 1 saturated heterocycles. The van der Waals surface area contributed by atoms with E-state index in [2.05, 4.69) is 5.32 Å². The van der Waals surface area contributed by atoms with E-state index in [9.17, 15) is 14.4 Å². The van der Waals surface area contributed by atoms with Gasteiger partial charge in [0.1, 0.15) is 0 Å². The van der Waals surface area contributed by atoms with Crippen molar-refractivity contribution in [2.24, 2.45) is 17.8 Å². The molecule has 5 nitrogen and oxygen atoms in total. The fourth-order valence-electron chi connectivity index (χ4n) is 2.45. The molecule has 0 aromatic rings. The van der Waals surface area contributed by atoms with E-state index in [1.54, 1.807) is 6.92 Å². The van der Waals surface area contributed by atoms with Gasteiger partial charge in [0.15, 0.2) is 11.7 Å². The minimum atomic E-state index is -1.24. The van der Waals surface area contributed by atoms with Gasteiger partial charge in [-0.15, -0.1) is 0 Å². The first kappa shape index (κ1) is 12.1. The minimum Gasteiger partial charge on any atom is -0.465 e. The molecule has 17 heavy (non-hydrogen) atoms. The quantitative estimate of drug-likeness (QED) is 0.567. The summed E-state index contributed by atoms with van der Waals surface area (Å²) in [6.45, 7) is 2.22. The van der Waals surface area contributed by atoms with Gasteiger partial charge in [0, 0.05) is 12.5 Å². The van der Waals surface area contributed by atoms with Crippen molar-refractivity contribution >= 4 is 17.7 Å². The normalized spacial score (nSPS) is 29.5. The van der Waals surface area contributed by atoms with Crippen molar-refractivity contribution in [3.63, 3.8) is 0 Å². The highest BCUT2D eigenvalue weighted by molar-refractivity contribution is 6.18. The van der Waals surface area contributed by atoms with Crippen LogP contribution < -0.4 is 5.32 Å². The molecular formula is C12H17NO4. The Bertz CT molecular complexity index is 348. The van der Waals surface area contributed by atoms with E-state index in [0.29, 0.717) is 12.5 Å². The third-order valence-electron chi connectivity index (χ3n) is 3.65. The van der Waals surface area contributed by atoms with E-state index in [4.69, 9.17) is 4.74 Å². The zero-order chi connectivity index (χ0) is 12.4. The molecule has 1 aliphatic carbocycles. The summed E-state index contributed by atoms with van der Waals surface area (Å²) in [7, 11) is 0. The van der Waals surface area contributed by atoms with Crippen LogP contribution in [-0.2, 0) is 19.1 Å². The number of esters is 1. The van der Waals surface area contributed by atoms with Gasteiger partial charge in [-0.25, -0.2) is 0 Å². The molecule has 2 rings (SSSR count). The lowest BCUT2D eigenvalue weighted by atomic mass is 9.70. The van der Waals surface area contributed by atoms with Crippen molar-refractivity contribution in [3.8, 4) is 0 Å². The smallest absolute Gasteiger partial charge is 0.326 e. The SMILES string of the molecule is CCOC(=O)C1C(=O)NCC(C2CCC2)C1=O. The van der Waals surface area contributed by atoms with Crippen LogP contribution >= 0.6 is 0 Å². The van der Waals surface area contributed by atoms with Gasteiger partial charge in [-0.05, 0) is 25.7 Å². The average Bonchev–Trinajstić information content (AvgIpc) is 2.20. The molecule has 1 heterocycles. The average molecular weight is 239 g/mol. The first-order chi connectivity index (χ1) is 8.15. The number of hydrogen-bond acceptors (Lipinski definition) is 4. The molecule has 0 radical (unpaired) electrons. The molecule has 5 heteroatoms. The van der Waals surface area contributed by atoms with Crippen LogP contribution in [0.5, 0.6) is 0 Å². The lowest BCUT2D eigenvalue weighted by Gasteiger charge is -2.36. The largest absolute Gasteiger partial charge is 0.465 e. The van der Waals surface area contributed by atoms with Crippen molar-refractivity contribution in [3.05, 3.63) is 0 Å². The Morgan fingerprint density at radius 3 is 2.65 bits per heavy atom. The Balaban J connectivity index is 2.09. The molecule has 2 unspecified atom stereocenters. The molecule has 1 saturated carbocycles. The monoisotopic (exact) mass is 239 g/mol. The van der Waals surface area contributed by atoms with Crippen LogP contribution in [0.15, 0.2) is 0 Å². The fraction of sp³-hybridized carbons (Fsp3) is 0.750. The van der Waals surface area contributed by atoms with Crippen molar-refractivity contribution < 1.29 is 19.1 Å². The van der Waals surface area contributed by atoms with Gasteiger partial charge < -0.3 is 10.1 Å². The highest BCUT2D eigenvalue weighted by atomic mass is 16.5. The molecule has 2 fully saturated rings. The summed E-state index contributed by atoms with van der Waals surface area (Å²) in [4.78, 5) is 35.3. The Labute approximate surface area is 99.9 Å². The van der Waals surface area contributed by atoms with Crippen molar-refractivity contribution in [1.82, 2.24) is 5.32 Å². The molecule has 94 valence electrons. The van der Waals surface area contributed by atoms with Crippen LogP contribution in [0.1, 0.15) is 26.2 Å². The van der Waals surface area contributed by atoms with Gasteiger partial charge in [-0.2, -0.15) is 0 Å². The maximum absolute atomic E-state index is 12.1. The predicted molar refractivity (Wildman–Crippen MR) is 59.0 cm³/mol. The molecule has 0 spiro atoms. The highest BCUT2D eigenvalue weighted by Crippen LogP contribution is 2.36. The molecule has 2 atom stereocenters. The summed E-state index contributed by atoms with van der Waals surface area (Å²) in [6, 6.07) is 0. The zero-order valence-corrected chi connectivity index (χ0v) is 9.90. The second-order valence-electron chi connectivity index (χ2n) is 4.63. The third kappa shape index (κ3) is 2.18. The number of ketones is 1. The number of piperidine rings is 1. The van der Waals surface area contributed by atoms with Crippen molar-refractivity contribution in [2.45, 2.75) is 26.2 Å². The molecule has 2 aliphatic rings. The van der Waals surface area contributed by atoms with E-state index in [1.807, 2.05) is 0 Å². The summed E-state index contributed by atoms with van der Waals surface area (Å²) < 4.78 is 4.78. The lowest BCUT2D eigenvalue weighted by molar-refractivity contribution is -0.159. The molecule has 0 bridgehead atoms. The fourth-order valence-corrected chi connectivity index (χ4v) is 2.45. The first-order valence-corrected chi connectivity index (χ1v) is 6.13.